The molecular formula is C16H15FN2O. The van der Waals surface area contributed by atoms with E-state index in [-0.39, 0.29) is 12.4 Å². The second-order valence-electron chi connectivity index (χ2n) is 4.39. The molecule has 0 amide bonds. The molecule has 0 aliphatic heterocycles. The average molecular weight is 270 g/mol. The first-order chi connectivity index (χ1) is 9.74. The van der Waals surface area contributed by atoms with Crippen LogP contribution in [0.3, 0.4) is 0 Å². The molecule has 0 saturated carbocycles. The summed E-state index contributed by atoms with van der Waals surface area (Å²) in [6.45, 7) is 0.794. The Hall–Kier alpha value is -2.38. The largest absolute Gasteiger partial charge is 0.395 e. The Labute approximate surface area is 117 Å². The number of aliphatic hydroxyl groups is 1. The average Bonchev–Trinajstić information content (AvgIpc) is 2.48. The Morgan fingerprint density at radius 2 is 1.90 bits per heavy atom. The van der Waals surface area contributed by atoms with Crippen LogP contribution in [0.4, 0.5) is 10.1 Å². The topological polar surface area (TPSA) is 47.3 Å². The van der Waals surface area contributed by atoms with Crippen molar-refractivity contribution >= 4 is 5.69 Å². The van der Waals surface area contributed by atoms with Crippen LogP contribution >= 0.6 is 0 Å². The minimum Gasteiger partial charge on any atom is -0.395 e. The Morgan fingerprint density at radius 1 is 1.15 bits per heavy atom. The molecule has 102 valence electrons. The highest BCUT2D eigenvalue weighted by Crippen LogP contribution is 2.19. The highest BCUT2D eigenvalue weighted by molar-refractivity contribution is 5.48. The van der Waals surface area contributed by atoms with Crippen molar-refractivity contribution in [1.82, 2.24) is 0 Å². The molecule has 0 aliphatic carbocycles. The van der Waals surface area contributed by atoms with Gasteiger partial charge in [0.25, 0.3) is 0 Å². The van der Waals surface area contributed by atoms with Crippen LogP contribution in [0.15, 0.2) is 48.5 Å². The molecule has 0 unspecified atom stereocenters. The van der Waals surface area contributed by atoms with E-state index in [9.17, 15) is 9.50 Å². The lowest BCUT2D eigenvalue weighted by Crippen LogP contribution is -2.26. The zero-order chi connectivity index (χ0) is 14.4. The molecule has 4 heteroatoms. The molecule has 3 nitrogen and oxygen atoms in total. The van der Waals surface area contributed by atoms with Crippen molar-refractivity contribution in [3.8, 4) is 6.07 Å². The molecule has 0 bridgehead atoms. The van der Waals surface area contributed by atoms with Crippen LogP contribution in [-0.2, 0) is 6.54 Å². The van der Waals surface area contributed by atoms with Gasteiger partial charge < -0.3 is 10.0 Å². The molecule has 0 aliphatic rings. The van der Waals surface area contributed by atoms with E-state index in [1.165, 1.54) is 18.2 Å². The first-order valence-corrected chi connectivity index (χ1v) is 6.34. The maximum Gasteiger partial charge on any atom is 0.123 e. The standard InChI is InChI=1S/C16H15FN2O/c17-15-7-6-13(11-18)14(10-15)12-19(8-9-20)16-4-2-1-3-5-16/h1-7,10,20H,8-9,12H2. The van der Waals surface area contributed by atoms with Crippen LogP contribution in [0.2, 0.25) is 0 Å². The number of aliphatic hydroxyl groups excluding tert-OH is 1. The third-order valence-electron chi connectivity index (χ3n) is 3.04. The molecule has 2 aromatic rings. The molecule has 0 radical (unpaired) electrons. The SMILES string of the molecule is N#Cc1ccc(F)cc1CN(CCO)c1ccccc1. The summed E-state index contributed by atoms with van der Waals surface area (Å²) in [6.07, 6.45) is 0. The van der Waals surface area contributed by atoms with Crippen molar-refractivity contribution in [3.05, 3.63) is 65.5 Å². The zero-order valence-electron chi connectivity index (χ0n) is 11.0. The number of benzene rings is 2. The summed E-state index contributed by atoms with van der Waals surface area (Å²) in [7, 11) is 0. The lowest BCUT2D eigenvalue weighted by molar-refractivity contribution is 0.301. The third-order valence-corrected chi connectivity index (χ3v) is 3.04. The Balaban J connectivity index is 2.29. The molecule has 1 N–H and O–H groups in total. The van der Waals surface area contributed by atoms with Crippen LogP contribution in [0, 0.1) is 17.1 Å². The van der Waals surface area contributed by atoms with E-state index in [4.69, 9.17) is 5.26 Å². The number of nitrogens with zero attached hydrogens (tertiary/aromatic N) is 2. The van der Waals surface area contributed by atoms with E-state index >= 15 is 0 Å². The fourth-order valence-corrected chi connectivity index (χ4v) is 2.07. The molecule has 0 saturated heterocycles. The quantitative estimate of drug-likeness (QED) is 0.908. The zero-order valence-corrected chi connectivity index (χ0v) is 11.0. The molecule has 2 aromatic carbocycles. The van der Waals surface area contributed by atoms with E-state index < -0.39 is 0 Å². The maximum absolute atomic E-state index is 13.3. The number of anilines is 1. The molecule has 20 heavy (non-hydrogen) atoms. The summed E-state index contributed by atoms with van der Waals surface area (Å²) in [5, 5.41) is 18.3. The van der Waals surface area contributed by atoms with E-state index in [1.54, 1.807) is 0 Å². The number of nitriles is 1. The third kappa shape index (κ3) is 3.34. The van der Waals surface area contributed by atoms with Crippen LogP contribution in [0.1, 0.15) is 11.1 Å². The molecule has 0 atom stereocenters. The molecule has 0 fully saturated rings. The molecular weight excluding hydrogens is 255 g/mol. The smallest absolute Gasteiger partial charge is 0.123 e. The van der Waals surface area contributed by atoms with E-state index in [0.29, 0.717) is 24.2 Å². The van der Waals surface area contributed by atoms with Crippen molar-refractivity contribution in [2.75, 3.05) is 18.1 Å². The van der Waals surface area contributed by atoms with Crippen molar-refractivity contribution < 1.29 is 9.50 Å². The van der Waals surface area contributed by atoms with E-state index in [2.05, 4.69) is 6.07 Å². The van der Waals surface area contributed by atoms with Crippen molar-refractivity contribution in [3.63, 3.8) is 0 Å². The monoisotopic (exact) mass is 270 g/mol. The van der Waals surface area contributed by atoms with Gasteiger partial charge in [-0.15, -0.1) is 0 Å². The Bertz CT molecular complexity index is 608. The van der Waals surface area contributed by atoms with E-state index in [1.807, 2.05) is 35.2 Å². The van der Waals surface area contributed by atoms with Crippen LogP contribution in [0.25, 0.3) is 0 Å². The highest BCUT2D eigenvalue weighted by atomic mass is 19.1. The van der Waals surface area contributed by atoms with Gasteiger partial charge in [-0.25, -0.2) is 4.39 Å². The van der Waals surface area contributed by atoms with Gasteiger partial charge in [0.15, 0.2) is 0 Å². The van der Waals surface area contributed by atoms with Gasteiger partial charge in [0.05, 0.1) is 18.2 Å². The van der Waals surface area contributed by atoms with Crippen LogP contribution < -0.4 is 4.90 Å². The fourth-order valence-electron chi connectivity index (χ4n) is 2.07. The number of hydrogen-bond donors (Lipinski definition) is 1. The number of para-hydroxylation sites is 1. The van der Waals surface area contributed by atoms with Crippen molar-refractivity contribution in [1.29, 1.82) is 5.26 Å². The van der Waals surface area contributed by atoms with Gasteiger partial charge in [-0.2, -0.15) is 5.26 Å². The van der Waals surface area contributed by atoms with Crippen LogP contribution in [0.5, 0.6) is 0 Å². The molecule has 0 heterocycles. The lowest BCUT2D eigenvalue weighted by atomic mass is 10.1. The van der Waals surface area contributed by atoms with Gasteiger partial charge >= 0.3 is 0 Å². The molecule has 2 rings (SSSR count). The summed E-state index contributed by atoms with van der Waals surface area (Å²) in [6, 6.07) is 15.7. The number of hydrogen-bond acceptors (Lipinski definition) is 3. The summed E-state index contributed by atoms with van der Waals surface area (Å²) >= 11 is 0. The van der Waals surface area contributed by atoms with Crippen LogP contribution in [-0.4, -0.2) is 18.3 Å². The fraction of sp³-hybridized carbons (Fsp3) is 0.188. The van der Waals surface area contributed by atoms with Gasteiger partial charge in [0, 0.05) is 18.8 Å². The van der Waals surface area contributed by atoms with Gasteiger partial charge in [-0.1, -0.05) is 18.2 Å². The second kappa shape index (κ2) is 6.69. The first kappa shape index (κ1) is 14.0. The highest BCUT2D eigenvalue weighted by Gasteiger charge is 2.10. The Kier molecular flexibility index (Phi) is 4.70. The van der Waals surface area contributed by atoms with Crippen molar-refractivity contribution in [2.45, 2.75) is 6.54 Å². The first-order valence-electron chi connectivity index (χ1n) is 6.34. The van der Waals surface area contributed by atoms with E-state index in [0.717, 1.165) is 5.69 Å². The maximum atomic E-state index is 13.3. The normalized spacial score (nSPS) is 10.1. The lowest BCUT2D eigenvalue weighted by Gasteiger charge is -2.24. The van der Waals surface area contributed by atoms with Gasteiger partial charge in [0.1, 0.15) is 5.82 Å². The summed E-state index contributed by atoms with van der Waals surface area (Å²) in [5.41, 5.74) is 1.99. The summed E-state index contributed by atoms with van der Waals surface area (Å²) < 4.78 is 13.3. The number of rotatable bonds is 5. The number of halogens is 1. The molecule has 0 aromatic heterocycles. The van der Waals surface area contributed by atoms with Gasteiger partial charge in [0.2, 0.25) is 0 Å². The minimum absolute atomic E-state index is 0.00784. The Morgan fingerprint density at radius 3 is 2.55 bits per heavy atom. The summed E-state index contributed by atoms with van der Waals surface area (Å²) in [4.78, 5) is 1.91. The predicted molar refractivity (Wildman–Crippen MR) is 75.7 cm³/mol. The summed E-state index contributed by atoms with van der Waals surface area (Å²) in [5.74, 6) is -0.365. The minimum atomic E-state index is -0.365. The van der Waals surface area contributed by atoms with Gasteiger partial charge in [-0.05, 0) is 35.9 Å². The molecule has 0 spiro atoms. The predicted octanol–water partition coefficient (Wildman–Crippen LogP) is 2.70. The van der Waals surface area contributed by atoms with Crippen molar-refractivity contribution in [2.24, 2.45) is 0 Å². The van der Waals surface area contributed by atoms with Gasteiger partial charge in [-0.3, -0.25) is 0 Å². The second-order valence-corrected chi connectivity index (χ2v) is 4.39.